The highest BCUT2D eigenvalue weighted by atomic mass is 28.4. The number of aliphatic carboxylic acids is 1. The summed E-state index contributed by atoms with van der Waals surface area (Å²) in [6, 6.07) is 0. The molecule has 0 saturated carbocycles. The molecule has 0 saturated heterocycles. The first-order chi connectivity index (χ1) is 8.03. The SMILES string of the molecule is C[C@H](C(=O)O)[C@H](CN=[N+]=[N-])O[Si](C)(C)C(C)(C)C. The topological polar surface area (TPSA) is 95.3 Å². The lowest BCUT2D eigenvalue weighted by molar-refractivity contribution is -0.144. The Hall–Kier alpha value is -1.04. The molecule has 0 aliphatic carbocycles. The van der Waals surface area contributed by atoms with E-state index in [1.165, 1.54) is 0 Å². The molecule has 0 rings (SSSR count). The minimum atomic E-state index is -2.07. The number of azide groups is 1. The van der Waals surface area contributed by atoms with Gasteiger partial charge >= 0.3 is 5.97 Å². The van der Waals surface area contributed by atoms with Gasteiger partial charge in [0.2, 0.25) is 0 Å². The minimum Gasteiger partial charge on any atom is -0.481 e. The highest BCUT2D eigenvalue weighted by Gasteiger charge is 2.40. The van der Waals surface area contributed by atoms with Gasteiger partial charge < -0.3 is 9.53 Å². The van der Waals surface area contributed by atoms with Crippen molar-refractivity contribution in [2.24, 2.45) is 11.0 Å². The van der Waals surface area contributed by atoms with Crippen LogP contribution in [0.25, 0.3) is 10.4 Å². The van der Waals surface area contributed by atoms with Crippen LogP contribution >= 0.6 is 0 Å². The van der Waals surface area contributed by atoms with E-state index in [-0.39, 0.29) is 11.6 Å². The van der Waals surface area contributed by atoms with Crippen LogP contribution in [-0.4, -0.2) is 32.0 Å². The zero-order valence-corrected chi connectivity index (χ0v) is 13.0. The Morgan fingerprint density at radius 1 is 1.50 bits per heavy atom. The summed E-state index contributed by atoms with van der Waals surface area (Å²) < 4.78 is 6.02. The van der Waals surface area contributed by atoms with Crippen LogP contribution in [0.2, 0.25) is 18.1 Å². The zero-order chi connectivity index (χ0) is 14.6. The first-order valence-corrected chi connectivity index (χ1v) is 8.85. The number of nitrogens with zero attached hydrogens (tertiary/aromatic N) is 3. The summed E-state index contributed by atoms with van der Waals surface area (Å²) >= 11 is 0. The molecule has 0 aliphatic heterocycles. The van der Waals surface area contributed by atoms with Crippen molar-refractivity contribution < 1.29 is 14.3 Å². The van der Waals surface area contributed by atoms with Crippen LogP contribution in [-0.2, 0) is 9.22 Å². The molecule has 0 bridgehead atoms. The second kappa shape index (κ2) is 6.22. The van der Waals surface area contributed by atoms with Crippen molar-refractivity contribution in [1.29, 1.82) is 0 Å². The van der Waals surface area contributed by atoms with Gasteiger partial charge in [0.05, 0.1) is 18.6 Å². The van der Waals surface area contributed by atoms with Gasteiger partial charge in [-0.2, -0.15) is 0 Å². The number of carboxylic acid groups (broad SMARTS) is 1. The predicted molar refractivity (Wildman–Crippen MR) is 72.9 cm³/mol. The monoisotopic (exact) mass is 273 g/mol. The number of rotatable bonds is 6. The van der Waals surface area contributed by atoms with E-state index in [4.69, 9.17) is 15.1 Å². The van der Waals surface area contributed by atoms with Crippen LogP contribution < -0.4 is 0 Å². The Morgan fingerprint density at radius 2 is 2.00 bits per heavy atom. The molecular weight excluding hydrogens is 250 g/mol. The van der Waals surface area contributed by atoms with Gasteiger partial charge in [0, 0.05) is 4.91 Å². The van der Waals surface area contributed by atoms with E-state index in [9.17, 15) is 4.79 Å². The molecule has 0 radical (unpaired) electrons. The van der Waals surface area contributed by atoms with Gasteiger partial charge in [-0.1, -0.05) is 25.9 Å². The lowest BCUT2D eigenvalue weighted by Crippen LogP contribution is -2.47. The highest BCUT2D eigenvalue weighted by molar-refractivity contribution is 6.74. The lowest BCUT2D eigenvalue weighted by Gasteiger charge is -2.40. The third-order valence-electron chi connectivity index (χ3n) is 3.52. The van der Waals surface area contributed by atoms with Crippen molar-refractivity contribution in [3.05, 3.63) is 10.4 Å². The number of hydrogen-bond donors (Lipinski definition) is 1. The van der Waals surface area contributed by atoms with Gasteiger partial charge in [-0.15, -0.1) is 0 Å². The number of carboxylic acids is 1. The Kier molecular flexibility index (Phi) is 5.86. The van der Waals surface area contributed by atoms with E-state index in [0.29, 0.717) is 0 Å². The first kappa shape index (κ1) is 17.0. The Bertz CT molecular complexity index is 346. The van der Waals surface area contributed by atoms with Crippen molar-refractivity contribution in [3.8, 4) is 0 Å². The third-order valence-corrected chi connectivity index (χ3v) is 8.03. The molecule has 104 valence electrons. The van der Waals surface area contributed by atoms with Crippen LogP contribution in [0.5, 0.6) is 0 Å². The molecule has 0 aromatic carbocycles. The average Bonchev–Trinajstić information content (AvgIpc) is 2.21. The minimum absolute atomic E-state index is 0.0141. The van der Waals surface area contributed by atoms with E-state index < -0.39 is 26.3 Å². The molecule has 0 spiro atoms. The molecule has 18 heavy (non-hydrogen) atoms. The number of hydrogen-bond acceptors (Lipinski definition) is 3. The maximum absolute atomic E-state index is 11.0. The van der Waals surface area contributed by atoms with Crippen molar-refractivity contribution in [1.82, 2.24) is 0 Å². The molecule has 0 unspecified atom stereocenters. The fourth-order valence-electron chi connectivity index (χ4n) is 1.13. The second-order valence-electron chi connectivity index (χ2n) is 5.96. The van der Waals surface area contributed by atoms with Crippen LogP contribution in [0.3, 0.4) is 0 Å². The van der Waals surface area contributed by atoms with E-state index in [0.717, 1.165) is 0 Å². The maximum Gasteiger partial charge on any atom is 0.308 e. The smallest absolute Gasteiger partial charge is 0.308 e. The van der Waals surface area contributed by atoms with E-state index in [1.807, 2.05) is 13.1 Å². The van der Waals surface area contributed by atoms with Gasteiger partial charge in [0.1, 0.15) is 0 Å². The van der Waals surface area contributed by atoms with Crippen molar-refractivity contribution in [2.75, 3.05) is 6.54 Å². The van der Waals surface area contributed by atoms with E-state index in [1.54, 1.807) is 6.92 Å². The molecule has 0 aliphatic rings. The van der Waals surface area contributed by atoms with Gasteiger partial charge in [0.25, 0.3) is 0 Å². The normalized spacial score (nSPS) is 15.7. The van der Waals surface area contributed by atoms with Gasteiger partial charge in [-0.3, -0.25) is 4.79 Å². The maximum atomic E-state index is 11.0. The van der Waals surface area contributed by atoms with Crippen LogP contribution in [0.4, 0.5) is 0 Å². The van der Waals surface area contributed by atoms with Crippen molar-refractivity contribution >= 4 is 14.3 Å². The fourth-order valence-corrected chi connectivity index (χ4v) is 2.52. The third kappa shape index (κ3) is 4.68. The molecule has 0 aromatic heterocycles. The Labute approximate surface area is 109 Å². The lowest BCUT2D eigenvalue weighted by atomic mass is 10.1. The predicted octanol–water partition coefficient (Wildman–Crippen LogP) is 3.41. The average molecular weight is 273 g/mol. The number of carbonyl (C=O) groups is 1. The van der Waals surface area contributed by atoms with Crippen LogP contribution in [0.15, 0.2) is 5.11 Å². The fraction of sp³-hybridized carbons (Fsp3) is 0.909. The van der Waals surface area contributed by atoms with E-state index in [2.05, 4.69) is 30.8 Å². The molecule has 0 aromatic rings. The second-order valence-corrected chi connectivity index (χ2v) is 10.7. The molecule has 0 heterocycles. The zero-order valence-electron chi connectivity index (χ0n) is 12.0. The molecular formula is C11H23N3O3Si. The van der Waals surface area contributed by atoms with Gasteiger partial charge in [-0.05, 0) is 30.6 Å². The summed E-state index contributed by atoms with van der Waals surface area (Å²) in [4.78, 5) is 13.7. The molecule has 7 heteroatoms. The van der Waals surface area contributed by atoms with Gasteiger partial charge in [-0.25, -0.2) is 0 Å². The highest BCUT2D eigenvalue weighted by Crippen LogP contribution is 2.38. The van der Waals surface area contributed by atoms with Crippen LogP contribution in [0, 0.1) is 5.92 Å². The quantitative estimate of drug-likeness (QED) is 0.347. The van der Waals surface area contributed by atoms with E-state index >= 15 is 0 Å². The van der Waals surface area contributed by atoms with Crippen molar-refractivity contribution in [3.63, 3.8) is 0 Å². The molecule has 1 N–H and O–H groups in total. The Morgan fingerprint density at radius 3 is 2.33 bits per heavy atom. The summed E-state index contributed by atoms with van der Waals surface area (Å²) in [7, 11) is -2.07. The standard InChI is InChI=1S/C11H23N3O3Si/c1-8(10(15)16)9(7-13-14-12)17-18(5,6)11(2,3)4/h8-9H,7H2,1-6H3,(H,15,16)/t8-,9-/m0/s1. The summed E-state index contributed by atoms with van der Waals surface area (Å²) in [6.07, 6.45) is -0.570. The Balaban J connectivity index is 5.00. The van der Waals surface area contributed by atoms with Crippen molar-refractivity contribution in [2.45, 2.75) is 51.9 Å². The summed E-state index contributed by atoms with van der Waals surface area (Å²) in [5.41, 5.74) is 8.36. The largest absolute Gasteiger partial charge is 0.481 e. The first-order valence-electron chi connectivity index (χ1n) is 5.94. The summed E-state index contributed by atoms with van der Waals surface area (Å²) in [6.45, 7) is 12.0. The summed E-state index contributed by atoms with van der Waals surface area (Å²) in [5.74, 6) is -1.63. The van der Waals surface area contributed by atoms with Gasteiger partial charge in [0.15, 0.2) is 8.32 Å². The van der Waals surface area contributed by atoms with Crippen LogP contribution in [0.1, 0.15) is 27.7 Å². The molecule has 2 atom stereocenters. The molecule has 6 nitrogen and oxygen atoms in total. The summed E-state index contributed by atoms with van der Waals surface area (Å²) in [5, 5.41) is 12.5. The molecule has 0 amide bonds. The molecule has 0 fully saturated rings.